The van der Waals surface area contributed by atoms with Crippen molar-refractivity contribution >= 4 is 34.9 Å². The summed E-state index contributed by atoms with van der Waals surface area (Å²) in [5, 5.41) is 6.01. The van der Waals surface area contributed by atoms with E-state index in [0.29, 0.717) is 16.1 Å². The number of hydrazine groups is 1. The average molecular weight is 329 g/mol. The molecule has 1 saturated heterocycles. The molecule has 1 aliphatic carbocycles. The van der Waals surface area contributed by atoms with Crippen molar-refractivity contribution in [1.29, 1.82) is 0 Å². The molecule has 0 radical (unpaired) electrons. The molecule has 1 aliphatic heterocycles. The Balaban J connectivity index is 1.52. The summed E-state index contributed by atoms with van der Waals surface area (Å²) in [5.41, 5.74) is 3.84. The summed E-state index contributed by atoms with van der Waals surface area (Å²) in [5.74, 6) is 0. The van der Waals surface area contributed by atoms with E-state index >= 15 is 0 Å². The number of anilines is 1. The lowest BCUT2D eigenvalue weighted by molar-refractivity contribution is 0.169. The highest BCUT2D eigenvalue weighted by molar-refractivity contribution is 6.43. The minimum Gasteiger partial charge on any atom is -0.368 e. The second-order valence-corrected chi connectivity index (χ2v) is 6.19. The fourth-order valence-corrected chi connectivity index (χ4v) is 2.80. The third-order valence-corrected chi connectivity index (χ3v) is 4.53. The van der Waals surface area contributed by atoms with Gasteiger partial charge in [-0.1, -0.05) is 29.3 Å². The number of halogens is 2. The molecule has 1 saturated carbocycles. The minimum absolute atomic E-state index is 0.105. The van der Waals surface area contributed by atoms with Gasteiger partial charge in [-0.25, -0.2) is 9.80 Å². The molecule has 2 aliphatic rings. The third kappa shape index (κ3) is 3.73. The molecule has 114 valence electrons. The quantitative estimate of drug-likeness (QED) is 0.896. The van der Waals surface area contributed by atoms with E-state index in [1.165, 1.54) is 0 Å². The van der Waals surface area contributed by atoms with Gasteiger partial charge in [0.1, 0.15) is 0 Å². The van der Waals surface area contributed by atoms with E-state index in [1.54, 1.807) is 6.07 Å². The Kier molecular flexibility index (Phi) is 4.42. The van der Waals surface area contributed by atoms with Gasteiger partial charge in [-0.3, -0.25) is 5.43 Å². The summed E-state index contributed by atoms with van der Waals surface area (Å²) in [7, 11) is 0. The number of nitrogens with zero attached hydrogens (tertiary/aromatic N) is 2. The van der Waals surface area contributed by atoms with E-state index in [-0.39, 0.29) is 6.03 Å². The molecule has 0 atom stereocenters. The van der Waals surface area contributed by atoms with Crippen molar-refractivity contribution in [3.63, 3.8) is 0 Å². The molecular weight excluding hydrogens is 311 g/mol. The molecule has 0 bridgehead atoms. The summed E-state index contributed by atoms with van der Waals surface area (Å²) in [6, 6.07) is 5.92. The molecule has 1 aromatic carbocycles. The Morgan fingerprint density at radius 2 is 1.86 bits per heavy atom. The maximum Gasteiger partial charge on any atom is 0.329 e. The number of rotatable bonds is 3. The summed E-state index contributed by atoms with van der Waals surface area (Å²) < 4.78 is 0. The first-order valence-corrected chi connectivity index (χ1v) is 7.90. The van der Waals surface area contributed by atoms with Crippen LogP contribution in [0.4, 0.5) is 10.5 Å². The van der Waals surface area contributed by atoms with Crippen molar-refractivity contribution < 1.29 is 4.79 Å². The monoisotopic (exact) mass is 328 g/mol. The number of hydrogen-bond donors (Lipinski definition) is 2. The smallest absolute Gasteiger partial charge is 0.329 e. The molecule has 0 unspecified atom stereocenters. The van der Waals surface area contributed by atoms with Crippen LogP contribution in [0.2, 0.25) is 10.0 Å². The zero-order valence-corrected chi connectivity index (χ0v) is 13.1. The van der Waals surface area contributed by atoms with Gasteiger partial charge >= 0.3 is 6.03 Å². The average Bonchev–Trinajstić information content (AvgIpc) is 3.27. The molecule has 2 N–H and O–H groups in total. The van der Waals surface area contributed by atoms with E-state index < -0.39 is 0 Å². The van der Waals surface area contributed by atoms with E-state index in [4.69, 9.17) is 23.2 Å². The molecule has 1 heterocycles. The summed E-state index contributed by atoms with van der Waals surface area (Å²) in [4.78, 5) is 13.9. The van der Waals surface area contributed by atoms with Gasteiger partial charge < -0.3 is 10.2 Å². The van der Waals surface area contributed by atoms with Gasteiger partial charge in [-0.05, 0) is 25.0 Å². The van der Waals surface area contributed by atoms with Crippen LogP contribution in [0.15, 0.2) is 18.2 Å². The zero-order chi connectivity index (χ0) is 14.8. The van der Waals surface area contributed by atoms with Crippen molar-refractivity contribution in [2.24, 2.45) is 0 Å². The maximum absolute atomic E-state index is 11.7. The van der Waals surface area contributed by atoms with Crippen LogP contribution in [0.3, 0.4) is 0 Å². The fourth-order valence-electron chi connectivity index (χ4n) is 2.38. The first-order valence-electron chi connectivity index (χ1n) is 7.14. The zero-order valence-electron chi connectivity index (χ0n) is 11.6. The SMILES string of the molecule is O=C(NC1CC1)NN1CCN(c2cccc(Cl)c2Cl)CC1. The van der Waals surface area contributed by atoms with Gasteiger partial charge in [0.15, 0.2) is 0 Å². The molecule has 7 heteroatoms. The maximum atomic E-state index is 11.7. The predicted molar refractivity (Wildman–Crippen MR) is 84.9 cm³/mol. The second kappa shape index (κ2) is 6.30. The van der Waals surface area contributed by atoms with Gasteiger partial charge in [0, 0.05) is 32.2 Å². The molecular formula is C14H18Cl2N4O. The van der Waals surface area contributed by atoms with Gasteiger partial charge in [0.25, 0.3) is 0 Å². The van der Waals surface area contributed by atoms with Crippen LogP contribution in [0.1, 0.15) is 12.8 Å². The topological polar surface area (TPSA) is 47.6 Å². The molecule has 0 spiro atoms. The Bertz CT molecular complexity index is 528. The van der Waals surface area contributed by atoms with Crippen LogP contribution in [-0.2, 0) is 0 Å². The second-order valence-electron chi connectivity index (χ2n) is 5.41. The fraction of sp³-hybridized carbons (Fsp3) is 0.500. The predicted octanol–water partition coefficient (Wildman–Crippen LogP) is 2.49. The molecule has 2 amide bonds. The van der Waals surface area contributed by atoms with E-state index in [2.05, 4.69) is 15.6 Å². The van der Waals surface area contributed by atoms with E-state index in [1.807, 2.05) is 17.1 Å². The van der Waals surface area contributed by atoms with Crippen LogP contribution >= 0.6 is 23.2 Å². The summed E-state index contributed by atoms with van der Waals surface area (Å²) in [6.07, 6.45) is 2.18. The lowest BCUT2D eigenvalue weighted by Gasteiger charge is -2.36. The molecule has 21 heavy (non-hydrogen) atoms. The van der Waals surface area contributed by atoms with Crippen LogP contribution in [0.5, 0.6) is 0 Å². The summed E-state index contributed by atoms with van der Waals surface area (Å²) in [6.45, 7) is 3.09. The standard InChI is InChI=1S/C14H18Cl2N4O/c15-11-2-1-3-12(13(11)16)19-6-8-20(9-7-19)18-14(21)17-10-4-5-10/h1-3,10H,4-9H2,(H2,17,18,21). The van der Waals surface area contributed by atoms with Crippen molar-refractivity contribution in [1.82, 2.24) is 15.8 Å². The Morgan fingerprint density at radius 3 is 2.52 bits per heavy atom. The summed E-state index contributed by atoms with van der Waals surface area (Å²) >= 11 is 12.3. The first kappa shape index (κ1) is 14.8. The largest absolute Gasteiger partial charge is 0.368 e. The van der Waals surface area contributed by atoms with E-state index in [0.717, 1.165) is 44.7 Å². The van der Waals surface area contributed by atoms with Crippen molar-refractivity contribution in [2.75, 3.05) is 31.1 Å². The number of amides is 2. The molecule has 2 fully saturated rings. The van der Waals surface area contributed by atoms with Crippen LogP contribution < -0.4 is 15.6 Å². The van der Waals surface area contributed by atoms with Crippen molar-refractivity contribution in [3.8, 4) is 0 Å². The third-order valence-electron chi connectivity index (χ3n) is 3.72. The number of hydrogen-bond acceptors (Lipinski definition) is 3. The van der Waals surface area contributed by atoms with Gasteiger partial charge in [-0.2, -0.15) is 0 Å². The Morgan fingerprint density at radius 1 is 1.14 bits per heavy atom. The lowest BCUT2D eigenvalue weighted by Crippen LogP contribution is -2.56. The molecule has 3 rings (SSSR count). The minimum atomic E-state index is -0.105. The normalized spacial score (nSPS) is 19.4. The van der Waals surface area contributed by atoms with Crippen molar-refractivity contribution in [2.45, 2.75) is 18.9 Å². The Hall–Kier alpha value is -1.17. The number of nitrogens with one attached hydrogen (secondary N) is 2. The highest BCUT2D eigenvalue weighted by Gasteiger charge is 2.25. The number of piperazine rings is 1. The number of carbonyl (C=O) groups is 1. The lowest BCUT2D eigenvalue weighted by atomic mass is 10.2. The van der Waals surface area contributed by atoms with E-state index in [9.17, 15) is 4.79 Å². The molecule has 0 aromatic heterocycles. The van der Waals surface area contributed by atoms with Gasteiger partial charge in [0.05, 0.1) is 15.7 Å². The van der Waals surface area contributed by atoms with Crippen molar-refractivity contribution in [3.05, 3.63) is 28.2 Å². The van der Waals surface area contributed by atoms with Crippen LogP contribution in [0.25, 0.3) is 0 Å². The number of benzene rings is 1. The van der Waals surface area contributed by atoms with Gasteiger partial charge in [0.2, 0.25) is 0 Å². The molecule has 5 nitrogen and oxygen atoms in total. The highest BCUT2D eigenvalue weighted by atomic mass is 35.5. The van der Waals surface area contributed by atoms with Gasteiger partial charge in [-0.15, -0.1) is 0 Å². The van der Waals surface area contributed by atoms with Crippen LogP contribution in [0, 0.1) is 0 Å². The number of urea groups is 1. The highest BCUT2D eigenvalue weighted by Crippen LogP contribution is 2.32. The van der Waals surface area contributed by atoms with Crippen LogP contribution in [-0.4, -0.2) is 43.3 Å². The molecule has 1 aromatic rings. The first-order chi connectivity index (χ1) is 10.1. The number of carbonyl (C=O) groups excluding carboxylic acids is 1. The Labute approximate surface area is 134 Å².